The van der Waals surface area contributed by atoms with Crippen LogP contribution in [0.4, 0.5) is 0 Å². The van der Waals surface area contributed by atoms with Gasteiger partial charge in [-0.15, -0.1) is 11.3 Å². The fraction of sp³-hybridized carbons (Fsp3) is 0.182. The number of thiophene rings is 1. The molecule has 0 bridgehead atoms. The van der Waals surface area contributed by atoms with E-state index >= 15 is 0 Å². The first kappa shape index (κ1) is 26.2. The summed E-state index contributed by atoms with van der Waals surface area (Å²) in [5.41, 5.74) is 15.5. The lowest BCUT2D eigenvalue weighted by Gasteiger charge is -2.32. The fourth-order valence-electron chi connectivity index (χ4n) is 9.74. The summed E-state index contributed by atoms with van der Waals surface area (Å²) in [7, 11) is 0. The Morgan fingerprint density at radius 1 is 0.562 bits per heavy atom. The van der Waals surface area contributed by atoms with Crippen molar-refractivity contribution in [2.24, 2.45) is 0 Å². The van der Waals surface area contributed by atoms with Crippen molar-refractivity contribution in [2.45, 2.75) is 52.4 Å². The predicted octanol–water partition coefficient (Wildman–Crippen LogP) is 10.9. The highest BCUT2D eigenvalue weighted by molar-refractivity contribution is 7.27. The molecule has 0 saturated carbocycles. The van der Waals surface area contributed by atoms with Crippen molar-refractivity contribution in [3.05, 3.63) is 102 Å². The Balaban J connectivity index is 1.43. The summed E-state index contributed by atoms with van der Waals surface area (Å²) in [5.74, 6) is 0. The molecule has 4 aromatic heterocycles. The van der Waals surface area contributed by atoms with Crippen LogP contribution in [0.2, 0.25) is 0 Å². The van der Waals surface area contributed by atoms with E-state index in [1.54, 1.807) is 0 Å². The third-order valence-electron chi connectivity index (χ3n) is 11.9. The van der Waals surface area contributed by atoms with Crippen molar-refractivity contribution in [1.82, 2.24) is 8.88 Å². The van der Waals surface area contributed by atoms with Crippen molar-refractivity contribution >= 4 is 109 Å². The third-order valence-corrected chi connectivity index (χ3v) is 13.1. The number of hydrogen-bond acceptors (Lipinski definition) is 1. The molecule has 10 aromatic rings. The Labute approximate surface area is 282 Å². The zero-order valence-electron chi connectivity index (χ0n) is 28.0. The zero-order chi connectivity index (χ0) is 32.2. The summed E-state index contributed by atoms with van der Waals surface area (Å²) in [6, 6.07) is 35.6. The molecule has 12 rings (SSSR count). The van der Waals surface area contributed by atoms with Gasteiger partial charge in [0.15, 0.2) is 0 Å². The first-order valence-electron chi connectivity index (χ1n) is 17.3. The Morgan fingerprint density at radius 2 is 1.27 bits per heavy atom. The van der Waals surface area contributed by atoms with Crippen molar-refractivity contribution in [2.75, 3.05) is 0 Å². The molecule has 0 N–H and O–H groups in total. The second-order valence-corrected chi connectivity index (χ2v) is 17.6. The maximum absolute atomic E-state index is 2.74. The summed E-state index contributed by atoms with van der Waals surface area (Å²) in [5, 5.41) is 11.1. The molecular weight excluding hydrogens is 599 g/mol. The smallest absolute Gasteiger partial charge is 0.333 e. The molecular formula is C44H33BN2S. The summed E-state index contributed by atoms with van der Waals surface area (Å²) in [4.78, 5) is 0. The number of rotatable bonds is 0. The van der Waals surface area contributed by atoms with Gasteiger partial charge in [0.1, 0.15) is 0 Å². The van der Waals surface area contributed by atoms with Crippen LogP contribution in [0.25, 0.3) is 91.2 Å². The van der Waals surface area contributed by atoms with Crippen molar-refractivity contribution in [3.8, 4) is 11.1 Å². The molecule has 0 aliphatic carbocycles. The highest BCUT2D eigenvalue weighted by Crippen LogP contribution is 2.53. The monoisotopic (exact) mass is 632 g/mol. The fourth-order valence-corrected chi connectivity index (χ4v) is 11.0. The molecule has 0 amide bonds. The van der Waals surface area contributed by atoms with Crippen LogP contribution < -0.4 is 10.9 Å². The van der Waals surface area contributed by atoms with Gasteiger partial charge in [0.05, 0.1) is 16.6 Å². The zero-order valence-corrected chi connectivity index (χ0v) is 28.9. The molecule has 0 atom stereocenters. The lowest BCUT2D eigenvalue weighted by atomic mass is 9.46. The number of nitrogens with zero attached hydrogens (tertiary/aromatic N) is 2. The highest BCUT2D eigenvalue weighted by Gasteiger charge is 2.43. The molecule has 0 unspecified atom stereocenters. The summed E-state index contributed by atoms with van der Waals surface area (Å²) in [6.45, 7) is 14.2. The van der Waals surface area contributed by atoms with Gasteiger partial charge in [0, 0.05) is 74.6 Å². The molecule has 0 radical (unpaired) electrons. The molecule has 48 heavy (non-hydrogen) atoms. The van der Waals surface area contributed by atoms with Gasteiger partial charge in [0.2, 0.25) is 0 Å². The standard InChI is InChI=1S/C44H33BN2S/c1-43(2,3)22-17-18-32-28(19-22)29-20-23(44(4,5)6)21-30-36-37-41-34(35-26-11-7-8-16-33(26)48-42(35)36)27-14-9-12-24-25-13-10-15-31(40(25)46(41)38(24)27)45(37)47(32)39(29)30/h7-21H,1-6H3. The average Bonchev–Trinajstić information content (AvgIpc) is 3.80. The molecule has 2 aliphatic rings. The minimum absolute atomic E-state index is 0.00638. The maximum atomic E-state index is 2.74. The van der Waals surface area contributed by atoms with Gasteiger partial charge in [-0.3, -0.25) is 0 Å². The minimum atomic E-state index is 0.00638. The Bertz CT molecular complexity index is 3130. The number of hydrogen-bond donors (Lipinski definition) is 0. The van der Waals surface area contributed by atoms with E-state index in [0.717, 1.165) is 0 Å². The van der Waals surface area contributed by atoms with Crippen molar-refractivity contribution in [1.29, 1.82) is 0 Å². The summed E-state index contributed by atoms with van der Waals surface area (Å²) >= 11 is 1.99. The van der Waals surface area contributed by atoms with Crippen LogP contribution in [0.5, 0.6) is 0 Å². The number of benzene rings is 6. The first-order valence-corrected chi connectivity index (χ1v) is 18.1. The third kappa shape index (κ3) is 2.77. The van der Waals surface area contributed by atoms with Gasteiger partial charge >= 0.3 is 6.85 Å². The summed E-state index contributed by atoms with van der Waals surface area (Å²) in [6.07, 6.45) is 0. The molecule has 0 spiro atoms. The molecule has 0 saturated heterocycles. The van der Waals surface area contributed by atoms with Gasteiger partial charge in [-0.25, -0.2) is 0 Å². The van der Waals surface area contributed by atoms with Gasteiger partial charge < -0.3 is 8.88 Å². The number of aromatic nitrogens is 2. The van der Waals surface area contributed by atoms with E-state index in [9.17, 15) is 0 Å². The van der Waals surface area contributed by atoms with Gasteiger partial charge in [-0.05, 0) is 63.2 Å². The van der Waals surface area contributed by atoms with E-state index in [4.69, 9.17) is 0 Å². The van der Waals surface area contributed by atoms with Crippen LogP contribution in [0.15, 0.2) is 91.0 Å². The van der Waals surface area contributed by atoms with Crippen LogP contribution >= 0.6 is 11.3 Å². The predicted molar refractivity (Wildman–Crippen MR) is 210 cm³/mol. The molecule has 228 valence electrons. The van der Waals surface area contributed by atoms with Crippen LogP contribution in [-0.2, 0) is 10.8 Å². The number of fused-ring (bicyclic) bond motifs is 13. The van der Waals surface area contributed by atoms with Gasteiger partial charge in [-0.1, -0.05) is 102 Å². The number of para-hydroxylation sites is 2. The second kappa shape index (κ2) is 7.91. The van der Waals surface area contributed by atoms with E-state index in [2.05, 4.69) is 141 Å². The molecule has 6 heterocycles. The lowest BCUT2D eigenvalue weighted by molar-refractivity contribution is 0.590. The quantitative estimate of drug-likeness (QED) is 0.147. The average molecular weight is 633 g/mol. The minimum Gasteiger partial charge on any atom is -0.375 e. The van der Waals surface area contributed by atoms with Crippen LogP contribution in [0.3, 0.4) is 0 Å². The SMILES string of the molecule is CC(C)(C)c1ccc2c(c1)c1cc(C(C)(C)C)cc3c1n2B1c2cccc4c5cccc6c7c8c(sc9ccccc98)c-3c1c7n(c24)c56. The van der Waals surface area contributed by atoms with Gasteiger partial charge in [-0.2, -0.15) is 0 Å². The van der Waals surface area contributed by atoms with E-state index in [0.29, 0.717) is 0 Å². The van der Waals surface area contributed by atoms with Crippen LogP contribution in [0, 0.1) is 0 Å². The van der Waals surface area contributed by atoms with Crippen molar-refractivity contribution in [3.63, 3.8) is 0 Å². The Kier molecular flexibility index (Phi) is 4.31. The van der Waals surface area contributed by atoms with E-state index in [1.165, 1.54) is 113 Å². The lowest BCUT2D eigenvalue weighted by Crippen LogP contribution is -2.53. The van der Waals surface area contributed by atoms with E-state index in [1.807, 2.05) is 11.3 Å². The summed E-state index contributed by atoms with van der Waals surface area (Å²) < 4.78 is 8.22. The van der Waals surface area contributed by atoms with Gasteiger partial charge in [0.25, 0.3) is 0 Å². The van der Waals surface area contributed by atoms with Crippen LogP contribution in [-0.4, -0.2) is 15.7 Å². The van der Waals surface area contributed by atoms with E-state index < -0.39 is 0 Å². The normalized spacial score (nSPS) is 14.4. The molecule has 2 aliphatic heterocycles. The van der Waals surface area contributed by atoms with Crippen molar-refractivity contribution < 1.29 is 0 Å². The molecule has 0 fully saturated rings. The largest absolute Gasteiger partial charge is 0.375 e. The highest BCUT2D eigenvalue weighted by atomic mass is 32.1. The Hall–Kier alpha value is -4.80. The molecule has 2 nitrogen and oxygen atoms in total. The Morgan fingerprint density at radius 3 is 2.08 bits per heavy atom. The van der Waals surface area contributed by atoms with Crippen LogP contribution in [0.1, 0.15) is 52.7 Å². The first-order chi connectivity index (χ1) is 23.1. The topological polar surface area (TPSA) is 9.34 Å². The van der Waals surface area contributed by atoms with E-state index in [-0.39, 0.29) is 17.7 Å². The molecule has 4 heteroatoms. The molecule has 6 aromatic carbocycles. The maximum Gasteiger partial charge on any atom is 0.333 e. The second-order valence-electron chi connectivity index (χ2n) is 16.5.